The molecular formula is C12H16N2O3. The minimum Gasteiger partial charge on any atom is -0.391 e. The van der Waals surface area contributed by atoms with Gasteiger partial charge in [-0.3, -0.25) is 9.59 Å². The molecule has 0 spiro atoms. The third kappa shape index (κ3) is 2.74. The Kier molecular flexibility index (Phi) is 3.28. The number of amides is 1. The van der Waals surface area contributed by atoms with Crippen molar-refractivity contribution >= 4 is 5.91 Å². The number of aromatic amines is 1. The first-order chi connectivity index (χ1) is 8.09. The second-order valence-corrected chi connectivity index (χ2v) is 4.50. The zero-order valence-electron chi connectivity index (χ0n) is 9.72. The summed E-state index contributed by atoms with van der Waals surface area (Å²) in [7, 11) is 1.60. The highest BCUT2D eigenvalue weighted by Gasteiger charge is 2.31. The van der Waals surface area contributed by atoms with E-state index < -0.39 is 11.7 Å². The molecule has 1 fully saturated rings. The van der Waals surface area contributed by atoms with E-state index in [1.807, 2.05) is 0 Å². The van der Waals surface area contributed by atoms with Gasteiger partial charge in [-0.05, 0) is 30.9 Å². The van der Waals surface area contributed by atoms with Gasteiger partial charge < -0.3 is 15.0 Å². The second kappa shape index (κ2) is 4.71. The molecule has 1 saturated carbocycles. The van der Waals surface area contributed by atoms with Crippen LogP contribution in [0.15, 0.2) is 23.1 Å². The average molecular weight is 236 g/mol. The molecule has 2 N–H and O–H groups in total. The van der Waals surface area contributed by atoms with Gasteiger partial charge in [-0.1, -0.05) is 0 Å². The molecule has 1 amide bonds. The van der Waals surface area contributed by atoms with Gasteiger partial charge in [0.15, 0.2) is 0 Å². The summed E-state index contributed by atoms with van der Waals surface area (Å²) in [6.45, 7) is 0.276. The van der Waals surface area contributed by atoms with Gasteiger partial charge in [0.25, 0.3) is 11.5 Å². The van der Waals surface area contributed by atoms with E-state index in [1.54, 1.807) is 13.1 Å². The van der Waals surface area contributed by atoms with Crippen LogP contribution >= 0.6 is 0 Å². The number of aromatic nitrogens is 1. The lowest BCUT2D eigenvalue weighted by atomic mass is 10.2. The monoisotopic (exact) mass is 236 g/mol. The largest absolute Gasteiger partial charge is 0.391 e. The Morgan fingerprint density at radius 1 is 1.65 bits per heavy atom. The molecule has 1 aliphatic carbocycles. The number of hydrogen-bond donors (Lipinski definition) is 2. The summed E-state index contributed by atoms with van der Waals surface area (Å²) in [6, 6.07) is 3.10. The Balaban J connectivity index is 2.04. The Morgan fingerprint density at radius 3 is 2.94 bits per heavy atom. The fraction of sp³-hybridized carbons (Fsp3) is 0.500. The number of carbonyl (C=O) groups is 1. The number of nitrogens with zero attached hydrogens (tertiary/aromatic N) is 1. The second-order valence-electron chi connectivity index (χ2n) is 4.50. The molecule has 1 aromatic heterocycles. The normalized spacial score (nSPS) is 16.6. The molecular weight excluding hydrogens is 220 g/mol. The zero-order chi connectivity index (χ0) is 12.4. The summed E-state index contributed by atoms with van der Waals surface area (Å²) in [5, 5.41) is 9.74. The number of aliphatic hydroxyl groups excluding tert-OH is 1. The summed E-state index contributed by atoms with van der Waals surface area (Å²) in [4.78, 5) is 27.2. The highest BCUT2D eigenvalue weighted by atomic mass is 16.3. The summed E-state index contributed by atoms with van der Waals surface area (Å²) in [5.74, 6) is -0.0362. The molecule has 92 valence electrons. The minimum absolute atomic E-state index is 0.109. The van der Waals surface area contributed by atoms with Crippen LogP contribution in [0.5, 0.6) is 0 Å². The standard InChI is InChI=1S/C12H16N2O3/c1-14(7-10(15)8-4-5-8)12(17)9-3-2-6-13-11(9)16/h2-3,6,8,10,15H,4-5,7H2,1H3,(H,13,16). The molecule has 5 nitrogen and oxygen atoms in total. The fourth-order valence-electron chi connectivity index (χ4n) is 1.79. The van der Waals surface area contributed by atoms with Gasteiger partial charge in [0, 0.05) is 19.8 Å². The molecule has 1 aliphatic rings. The highest BCUT2D eigenvalue weighted by molar-refractivity contribution is 5.93. The van der Waals surface area contributed by atoms with Crippen LogP contribution < -0.4 is 5.56 Å². The zero-order valence-corrected chi connectivity index (χ0v) is 9.72. The molecule has 0 aliphatic heterocycles. The van der Waals surface area contributed by atoms with Crippen molar-refractivity contribution in [3.8, 4) is 0 Å². The van der Waals surface area contributed by atoms with Gasteiger partial charge in [-0.25, -0.2) is 0 Å². The van der Waals surface area contributed by atoms with Crippen LogP contribution in [-0.4, -0.2) is 40.6 Å². The number of H-pyrrole nitrogens is 1. The Labute approximate surface area is 99.1 Å². The summed E-state index contributed by atoms with van der Waals surface area (Å²) >= 11 is 0. The van der Waals surface area contributed by atoms with Crippen molar-refractivity contribution in [2.75, 3.05) is 13.6 Å². The molecule has 2 rings (SSSR count). The molecule has 5 heteroatoms. The molecule has 17 heavy (non-hydrogen) atoms. The van der Waals surface area contributed by atoms with Gasteiger partial charge in [-0.15, -0.1) is 0 Å². The predicted molar refractivity (Wildman–Crippen MR) is 62.8 cm³/mol. The lowest BCUT2D eigenvalue weighted by molar-refractivity contribution is 0.0644. The van der Waals surface area contributed by atoms with Gasteiger partial charge in [0.05, 0.1) is 6.10 Å². The topological polar surface area (TPSA) is 73.4 Å². The third-order valence-corrected chi connectivity index (χ3v) is 3.02. The van der Waals surface area contributed by atoms with Crippen molar-refractivity contribution in [1.29, 1.82) is 0 Å². The smallest absolute Gasteiger partial charge is 0.260 e. The average Bonchev–Trinajstić information content (AvgIpc) is 3.12. The maximum atomic E-state index is 11.9. The maximum absolute atomic E-state index is 11.9. The lowest BCUT2D eigenvalue weighted by Gasteiger charge is -2.20. The SMILES string of the molecule is CN(CC(O)C1CC1)C(=O)c1ccc[nH]c1=O. The first-order valence-corrected chi connectivity index (χ1v) is 5.71. The van der Waals surface area contributed by atoms with Crippen molar-refractivity contribution in [2.24, 2.45) is 5.92 Å². The number of hydrogen-bond acceptors (Lipinski definition) is 3. The molecule has 0 radical (unpaired) electrons. The summed E-state index contributed by atoms with van der Waals surface area (Å²) in [5.41, 5.74) is -0.289. The van der Waals surface area contributed by atoms with E-state index >= 15 is 0 Å². The van der Waals surface area contributed by atoms with Gasteiger partial charge >= 0.3 is 0 Å². The number of rotatable bonds is 4. The van der Waals surface area contributed by atoms with Gasteiger partial charge in [-0.2, -0.15) is 0 Å². The van der Waals surface area contributed by atoms with Crippen molar-refractivity contribution < 1.29 is 9.90 Å². The van der Waals surface area contributed by atoms with Crippen LogP contribution in [0.4, 0.5) is 0 Å². The van der Waals surface area contributed by atoms with Crippen LogP contribution in [0.25, 0.3) is 0 Å². The molecule has 1 atom stereocenters. The van der Waals surface area contributed by atoms with E-state index in [0.29, 0.717) is 5.92 Å². The number of likely N-dealkylation sites (N-methyl/N-ethyl adjacent to an activating group) is 1. The van der Waals surface area contributed by atoms with E-state index in [0.717, 1.165) is 12.8 Å². The number of nitrogens with one attached hydrogen (secondary N) is 1. The minimum atomic E-state index is -0.480. The molecule has 1 aromatic rings. The highest BCUT2D eigenvalue weighted by Crippen LogP contribution is 2.32. The number of carbonyl (C=O) groups excluding carboxylic acids is 1. The molecule has 0 saturated heterocycles. The van der Waals surface area contributed by atoms with Crippen LogP contribution in [0.2, 0.25) is 0 Å². The van der Waals surface area contributed by atoms with E-state index in [2.05, 4.69) is 4.98 Å². The fourth-order valence-corrected chi connectivity index (χ4v) is 1.79. The first kappa shape index (κ1) is 11.9. The van der Waals surface area contributed by atoms with Crippen LogP contribution in [0.3, 0.4) is 0 Å². The van der Waals surface area contributed by atoms with Crippen LogP contribution in [0.1, 0.15) is 23.2 Å². The Morgan fingerprint density at radius 2 is 2.35 bits per heavy atom. The van der Waals surface area contributed by atoms with Crippen molar-refractivity contribution in [3.05, 3.63) is 34.2 Å². The lowest BCUT2D eigenvalue weighted by Crippen LogP contribution is -2.37. The van der Waals surface area contributed by atoms with Gasteiger partial charge in [0.1, 0.15) is 5.56 Å². The van der Waals surface area contributed by atoms with Crippen LogP contribution in [-0.2, 0) is 0 Å². The third-order valence-electron chi connectivity index (χ3n) is 3.02. The van der Waals surface area contributed by atoms with E-state index in [1.165, 1.54) is 17.2 Å². The maximum Gasteiger partial charge on any atom is 0.260 e. The molecule has 0 bridgehead atoms. The van der Waals surface area contributed by atoms with Crippen molar-refractivity contribution in [1.82, 2.24) is 9.88 Å². The van der Waals surface area contributed by atoms with Gasteiger partial charge in [0.2, 0.25) is 0 Å². The Bertz CT molecular complexity index is 465. The van der Waals surface area contributed by atoms with Crippen LogP contribution in [0, 0.1) is 5.92 Å². The van der Waals surface area contributed by atoms with Crippen molar-refractivity contribution in [3.63, 3.8) is 0 Å². The quantitative estimate of drug-likeness (QED) is 0.785. The Hall–Kier alpha value is -1.62. The molecule has 1 unspecified atom stereocenters. The van der Waals surface area contributed by atoms with Crippen molar-refractivity contribution in [2.45, 2.75) is 18.9 Å². The van der Waals surface area contributed by atoms with E-state index in [-0.39, 0.29) is 18.0 Å². The number of aliphatic hydroxyl groups is 1. The molecule has 0 aromatic carbocycles. The summed E-state index contributed by atoms with van der Waals surface area (Å²) < 4.78 is 0. The molecule has 1 heterocycles. The predicted octanol–water partition coefficient (Wildman–Crippen LogP) is 0.218. The summed E-state index contributed by atoms with van der Waals surface area (Å²) in [6.07, 6.45) is 3.05. The first-order valence-electron chi connectivity index (χ1n) is 5.71. The van der Waals surface area contributed by atoms with E-state index in [9.17, 15) is 14.7 Å². The van der Waals surface area contributed by atoms with E-state index in [4.69, 9.17) is 0 Å². The number of pyridine rings is 1.